The van der Waals surface area contributed by atoms with E-state index in [0.29, 0.717) is 43.1 Å². The van der Waals surface area contributed by atoms with Gasteiger partial charge in [0, 0.05) is 56.8 Å². The quantitative estimate of drug-likeness (QED) is 0.106. The van der Waals surface area contributed by atoms with Crippen LogP contribution >= 0.6 is 0 Å². The van der Waals surface area contributed by atoms with E-state index in [-0.39, 0.29) is 35.8 Å². The van der Waals surface area contributed by atoms with Crippen LogP contribution in [0.5, 0.6) is 0 Å². The Hall–Kier alpha value is -4.78. The number of aromatic nitrogens is 2. The fraction of sp³-hybridized carbons (Fsp3) is 0.379. The summed E-state index contributed by atoms with van der Waals surface area (Å²) in [5.74, 6) is -0.911. The first kappa shape index (κ1) is 33.4. The lowest BCUT2D eigenvalue weighted by atomic mass is 10.2. The summed E-state index contributed by atoms with van der Waals surface area (Å²) in [5.41, 5.74) is 6.59. The van der Waals surface area contributed by atoms with Gasteiger partial charge in [0.25, 0.3) is 5.91 Å². The van der Waals surface area contributed by atoms with Crippen LogP contribution in [0.2, 0.25) is 0 Å². The van der Waals surface area contributed by atoms with E-state index in [9.17, 15) is 19.2 Å². The van der Waals surface area contributed by atoms with Crippen LogP contribution < -0.4 is 27.0 Å². The van der Waals surface area contributed by atoms with Crippen molar-refractivity contribution in [3.63, 3.8) is 0 Å². The molecule has 13 heteroatoms. The molecule has 1 aromatic carbocycles. The van der Waals surface area contributed by atoms with Crippen molar-refractivity contribution in [2.24, 2.45) is 5.73 Å². The maximum atomic E-state index is 12.9. The zero-order chi connectivity index (χ0) is 31.1. The van der Waals surface area contributed by atoms with E-state index in [4.69, 9.17) is 5.73 Å². The normalized spacial score (nSPS) is 11.5. The van der Waals surface area contributed by atoms with E-state index >= 15 is 0 Å². The Morgan fingerprint density at radius 3 is 2.36 bits per heavy atom. The molecule has 13 nitrogen and oxygen atoms in total. The zero-order valence-corrected chi connectivity index (χ0v) is 24.6. The number of benzene rings is 1. The summed E-state index contributed by atoms with van der Waals surface area (Å²) in [6.07, 6.45) is 7.27. The largest absolute Gasteiger partial charge is 0.369 e. The summed E-state index contributed by atoms with van der Waals surface area (Å²) in [6.45, 7) is 7.46. The fourth-order valence-corrected chi connectivity index (χ4v) is 3.60. The van der Waals surface area contributed by atoms with Crippen LogP contribution in [0.15, 0.2) is 55.3 Å². The number of nitrogens with zero attached hydrogens (tertiary/aromatic N) is 4. The summed E-state index contributed by atoms with van der Waals surface area (Å²) in [5, 5.41) is 11.8. The molecule has 1 atom stereocenters. The maximum absolute atomic E-state index is 12.9. The summed E-state index contributed by atoms with van der Waals surface area (Å²) >= 11 is 0. The highest BCUT2D eigenvalue weighted by Gasteiger charge is 2.22. The number of nitrogens with two attached hydrogens (primary N) is 1. The Labute approximate surface area is 246 Å². The molecule has 2 aromatic rings. The number of carbonyl (C=O) groups is 4. The van der Waals surface area contributed by atoms with Crippen LogP contribution in [0.1, 0.15) is 40.5 Å². The van der Waals surface area contributed by atoms with E-state index in [1.807, 2.05) is 25.9 Å². The number of likely N-dealkylation sites (N-methyl/N-ethyl adjacent to an activating group) is 2. The van der Waals surface area contributed by atoms with Gasteiger partial charge < -0.3 is 36.8 Å². The molecule has 0 saturated carbocycles. The highest BCUT2D eigenvalue weighted by Crippen LogP contribution is 2.18. The fourth-order valence-electron chi connectivity index (χ4n) is 3.60. The number of carbonyl (C=O) groups excluding carboxylic acids is 4. The van der Waals surface area contributed by atoms with Crippen molar-refractivity contribution in [3.8, 4) is 0 Å². The molecule has 0 fully saturated rings. The van der Waals surface area contributed by atoms with Crippen molar-refractivity contribution in [1.29, 1.82) is 0 Å². The molecule has 0 unspecified atom stereocenters. The Morgan fingerprint density at radius 2 is 1.74 bits per heavy atom. The molecule has 4 amide bonds. The first-order chi connectivity index (χ1) is 20.1. The third-order valence-electron chi connectivity index (χ3n) is 5.93. The van der Waals surface area contributed by atoms with Gasteiger partial charge in [-0.2, -0.15) is 4.98 Å². The van der Waals surface area contributed by atoms with Crippen molar-refractivity contribution >= 4 is 41.1 Å². The number of hydrogen-bond acceptors (Lipinski definition) is 9. The molecule has 2 rings (SSSR count). The van der Waals surface area contributed by atoms with E-state index in [0.717, 1.165) is 6.42 Å². The lowest BCUT2D eigenvalue weighted by Gasteiger charge is -2.23. The number of primary amides is 1. The van der Waals surface area contributed by atoms with Gasteiger partial charge in [-0.05, 0) is 51.2 Å². The molecule has 0 spiro atoms. The second-order valence-electron chi connectivity index (χ2n) is 9.64. The average Bonchev–Trinajstić information content (AvgIpc) is 2.96. The molecule has 1 heterocycles. The molecule has 0 aliphatic carbocycles. The number of rotatable bonds is 17. The van der Waals surface area contributed by atoms with Crippen molar-refractivity contribution in [2.75, 3.05) is 58.0 Å². The molecular weight excluding hydrogens is 538 g/mol. The van der Waals surface area contributed by atoms with Crippen molar-refractivity contribution in [1.82, 2.24) is 30.4 Å². The van der Waals surface area contributed by atoms with Gasteiger partial charge in [0.1, 0.15) is 17.4 Å². The van der Waals surface area contributed by atoms with Crippen LogP contribution in [0.3, 0.4) is 0 Å². The van der Waals surface area contributed by atoms with Crippen LogP contribution in [0.4, 0.5) is 17.5 Å². The second kappa shape index (κ2) is 17.1. The second-order valence-corrected chi connectivity index (χ2v) is 9.64. The SMILES string of the molecule is C=C[C@@H](C(=O)NCCCNC(=O)c1cnc(Nc2ccc(C(N)=O)cc2)nc1NCCC)N(C)C(=O)/C=C/CN(C)C. The predicted octanol–water partition coefficient (Wildman–Crippen LogP) is 1.51. The Bertz CT molecular complexity index is 1260. The first-order valence-corrected chi connectivity index (χ1v) is 13.6. The van der Waals surface area contributed by atoms with Crippen molar-refractivity contribution < 1.29 is 19.2 Å². The van der Waals surface area contributed by atoms with E-state index in [1.54, 1.807) is 37.4 Å². The molecule has 6 N–H and O–H groups in total. The highest BCUT2D eigenvalue weighted by atomic mass is 16.2. The van der Waals surface area contributed by atoms with Gasteiger partial charge in [0.2, 0.25) is 23.7 Å². The lowest BCUT2D eigenvalue weighted by molar-refractivity contribution is -0.133. The molecule has 0 bridgehead atoms. The van der Waals surface area contributed by atoms with E-state index in [1.165, 1.54) is 23.2 Å². The van der Waals surface area contributed by atoms with Gasteiger partial charge in [0.15, 0.2) is 0 Å². The van der Waals surface area contributed by atoms with Gasteiger partial charge in [-0.3, -0.25) is 19.2 Å². The maximum Gasteiger partial charge on any atom is 0.256 e. The number of nitrogens with one attached hydrogen (secondary N) is 4. The van der Waals surface area contributed by atoms with Gasteiger partial charge >= 0.3 is 0 Å². The number of hydrogen-bond donors (Lipinski definition) is 5. The summed E-state index contributed by atoms with van der Waals surface area (Å²) < 4.78 is 0. The third kappa shape index (κ3) is 10.7. The van der Waals surface area contributed by atoms with Crippen molar-refractivity contribution in [2.45, 2.75) is 25.8 Å². The average molecular weight is 580 g/mol. The molecule has 1 aromatic heterocycles. The monoisotopic (exact) mass is 579 g/mol. The van der Waals surface area contributed by atoms with Crippen LogP contribution in [-0.2, 0) is 9.59 Å². The number of anilines is 3. The van der Waals surface area contributed by atoms with E-state index in [2.05, 4.69) is 37.8 Å². The zero-order valence-electron chi connectivity index (χ0n) is 24.6. The first-order valence-electron chi connectivity index (χ1n) is 13.6. The third-order valence-corrected chi connectivity index (χ3v) is 5.93. The molecule has 0 saturated heterocycles. The highest BCUT2D eigenvalue weighted by molar-refractivity contribution is 5.98. The minimum atomic E-state index is -0.825. The smallest absolute Gasteiger partial charge is 0.256 e. The number of amides is 4. The van der Waals surface area contributed by atoms with E-state index < -0.39 is 11.9 Å². The van der Waals surface area contributed by atoms with Gasteiger partial charge in [-0.25, -0.2) is 4.98 Å². The minimum absolute atomic E-state index is 0.271. The Balaban J connectivity index is 1.91. The van der Waals surface area contributed by atoms with Gasteiger partial charge in [-0.1, -0.05) is 19.1 Å². The minimum Gasteiger partial charge on any atom is -0.369 e. The molecule has 42 heavy (non-hydrogen) atoms. The van der Waals surface area contributed by atoms with Crippen LogP contribution in [0.25, 0.3) is 0 Å². The molecule has 0 aliphatic rings. The molecular formula is C29H41N9O4. The lowest BCUT2D eigenvalue weighted by Crippen LogP contribution is -2.46. The standard InChI is InChI=1S/C29H41N9O4/c1-6-15-31-26-22(19-34-29(36-26)35-21-13-11-20(12-14-21)25(30)40)27(41)32-16-9-17-33-28(42)23(7-2)38(5)24(39)10-8-18-37(3)4/h7-8,10-14,19,23H,2,6,9,15-18H2,1,3-5H3,(H2,30,40)(H,32,41)(H,33,42)(H2,31,34,35,36)/b10-8+/t23-/m0/s1. The Morgan fingerprint density at radius 1 is 1.05 bits per heavy atom. The van der Waals surface area contributed by atoms with Crippen molar-refractivity contribution in [3.05, 3.63) is 66.4 Å². The summed E-state index contributed by atoms with van der Waals surface area (Å²) in [6, 6.07) is 5.71. The molecule has 0 radical (unpaired) electrons. The molecule has 226 valence electrons. The van der Waals surface area contributed by atoms with Crippen LogP contribution in [0, 0.1) is 0 Å². The summed E-state index contributed by atoms with van der Waals surface area (Å²) in [4.78, 5) is 61.1. The molecule has 0 aliphatic heterocycles. The van der Waals surface area contributed by atoms with Gasteiger partial charge in [0.05, 0.1) is 0 Å². The van der Waals surface area contributed by atoms with Gasteiger partial charge in [-0.15, -0.1) is 6.58 Å². The van der Waals surface area contributed by atoms with Crippen LogP contribution in [-0.4, -0.2) is 96.8 Å². The topological polar surface area (TPSA) is 175 Å². The Kier molecular flexibility index (Phi) is 13.6. The predicted molar refractivity (Wildman–Crippen MR) is 163 cm³/mol. The summed E-state index contributed by atoms with van der Waals surface area (Å²) in [7, 11) is 5.32.